The molecule has 0 aromatic carbocycles. The number of likely N-dealkylation sites (N-methyl/N-ethyl adjacent to an activating group) is 1. The van der Waals surface area contributed by atoms with Crippen molar-refractivity contribution in [1.82, 2.24) is 14.3 Å². The predicted octanol–water partition coefficient (Wildman–Crippen LogP) is -1.73. The van der Waals surface area contributed by atoms with E-state index in [4.69, 9.17) is 0 Å². The zero-order chi connectivity index (χ0) is 10.1. The first kappa shape index (κ1) is 10.4. The number of nitrogens with zero attached hydrogens (tertiary/aromatic N) is 1. The van der Waals surface area contributed by atoms with Gasteiger partial charge in [-0.25, -0.2) is 4.72 Å². The Bertz CT molecular complexity index is 300. The molecule has 1 amide bonds. The van der Waals surface area contributed by atoms with Crippen molar-refractivity contribution in [2.24, 2.45) is 0 Å². The van der Waals surface area contributed by atoms with Gasteiger partial charge in [0.05, 0.1) is 0 Å². The van der Waals surface area contributed by atoms with Gasteiger partial charge < -0.3 is 4.90 Å². The highest BCUT2D eigenvalue weighted by Crippen LogP contribution is 2.08. The second-order valence-corrected chi connectivity index (χ2v) is 4.65. The fourth-order valence-electron chi connectivity index (χ4n) is 1.22. The lowest BCUT2D eigenvalue weighted by molar-refractivity contribution is -0.126. The first-order chi connectivity index (χ1) is 5.94. The smallest absolute Gasteiger partial charge is 0.276 e. The van der Waals surface area contributed by atoms with Crippen LogP contribution in [0.15, 0.2) is 0 Å². The van der Waals surface area contributed by atoms with E-state index >= 15 is 0 Å². The Morgan fingerprint density at radius 3 is 2.54 bits per heavy atom. The van der Waals surface area contributed by atoms with Crippen molar-refractivity contribution in [3.8, 4) is 0 Å². The van der Waals surface area contributed by atoms with Crippen LogP contribution in [-0.2, 0) is 15.0 Å². The molecule has 0 saturated carbocycles. The van der Waals surface area contributed by atoms with Gasteiger partial charge in [0.25, 0.3) is 10.2 Å². The molecule has 1 unspecified atom stereocenters. The lowest BCUT2D eigenvalue weighted by Crippen LogP contribution is -2.42. The van der Waals surface area contributed by atoms with Crippen LogP contribution in [0.1, 0.15) is 6.42 Å². The van der Waals surface area contributed by atoms with Gasteiger partial charge in [-0.3, -0.25) is 4.79 Å². The molecule has 76 valence electrons. The van der Waals surface area contributed by atoms with Gasteiger partial charge in [0.1, 0.15) is 0 Å². The van der Waals surface area contributed by atoms with E-state index in [1.54, 1.807) is 7.05 Å². The van der Waals surface area contributed by atoms with Crippen molar-refractivity contribution < 1.29 is 13.2 Å². The van der Waals surface area contributed by atoms with Gasteiger partial charge in [0, 0.05) is 33.1 Å². The predicted molar refractivity (Wildman–Crippen MR) is 47.2 cm³/mol. The lowest BCUT2D eigenvalue weighted by Gasteiger charge is -2.11. The zero-order valence-corrected chi connectivity index (χ0v) is 8.39. The topological polar surface area (TPSA) is 78.5 Å². The summed E-state index contributed by atoms with van der Waals surface area (Å²) < 4.78 is 26.5. The first-order valence-electron chi connectivity index (χ1n) is 3.89. The van der Waals surface area contributed by atoms with Crippen LogP contribution in [0.3, 0.4) is 0 Å². The highest BCUT2D eigenvalue weighted by molar-refractivity contribution is 7.87. The fraction of sp³-hybridized carbons (Fsp3) is 0.833. The SMILES string of the molecule is CNS(=O)(=O)NC1CC(=O)N(C)C1. The third-order valence-electron chi connectivity index (χ3n) is 1.93. The first-order valence-corrected chi connectivity index (χ1v) is 5.37. The van der Waals surface area contributed by atoms with Crippen molar-refractivity contribution in [2.75, 3.05) is 20.6 Å². The van der Waals surface area contributed by atoms with Crippen LogP contribution in [-0.4, -0.2) is 45.9 Å². The molecule has 6 nitrogen and oxygen atoms in total. The Kier molecular flexibility index (Phi) is 2.89. The number of hydrogen-bond donors (Lipinski definition) is 2. The average Bonchev–Trinajstić information content (AvgIpc) is 2.30. The van der Waals surface area contributed by atoms with Crippen molar-refractivity contribution in [1.29, 1.82) is 0 Å². The molecule has 1 heterocycles. The van der Waals surface area contributed by atoms with Crippen LogP contribution in [0, 0.1) is 0 Å². The molecule has 1 aliphatic heterocycles. The number of likely N-dealkylation sites (tertiary alicyclic amines) is 1. The van der Waals surface area contributed by atoms with Gasteiger partial charge >= 0.3 is 0 Å². The van der Waals surface area contributed by atoms with E-state index in [0.29, 0.717) is 6.54 Å². The van der Waals surface area contributed by atoms with Gasteiger partial charge in [-0.2, -0.15) is 13.1 Å². The zero-order valence-electron chi connectivity index (χ0n) is 7.57. The molecule has 1 atom stereocenters. The number of nitrogens with one attached hydrogen (secondary N) is 2. The summed E-state index contributed by atoms with van der Waals surface area (Å²) in [6, 6.07) is -0.310. The molecule has 13 heavy (non-hydrogen) atoms. The molecular formula is C6H13N3O3S. The maximum absolute atomic E-state index is 11.0. The van der Waals surface area contributed by atoms with Gasteiger partial charge in [-0.1, -0.05) is 0 Å². The van der Waals surface area contributed by atoms with E-state index < -0.39 is 10.2 Å². The summed E-state index contributed by atoms with van der Waals surface area (Å²) in [5, 5.41) is 0. The molecule has 0 aliphatic carbocycles. The summed E-state index contributed by atoms with van der Waals surface area (Å²) in [5.74, 6) is -0.0381. The van der Waals surface area contributed by atoms with Crippen LogP contribution >= 0.6 is 0 Å². The number of rotatable bonds is 3. The summed E-state index contributed by atoms with van der Waals surface area (Å²) in [6.07, 6.45) is 0.234. The molecule has 0 bridgehead atoms. The van der Waals surface area contributed by atoms with Gasteiger partial charge in [-0.15, -0.1) is 0 Å². The van der Waals surface area contributed by atoms with Gasteiger partial charge in [-0.05, 0) is 0 Å². The number of carbonyl (C=O) groups excluding carboxylic acids is 1. The van der Waals surface area contributed by atoms with Crippen LogP contribution in [0.4, 0.5) is 0 Å². The Morgan fingerprint density at radius 2 is 2.15 bits per heavy atom. The minimum absolute atomic E-state index is 0.0381. The van der Waals surface area contributed by atoms with E-state index in [2.05, 4.69) is 9.44 Å². The Labute approximate surface area is 77.5 Å². The fourth-order valence-corrected chi connectivity index (χ4v) is 1.94. The lowest BCUT2D eigenvalue weighted by atomic mass is 10.3. The molecule has 0 radical (unpaired) electrons. The largest absolute Gasteiger partial charge is 0.344 e. The monoisotopic (exact) mass is 207 g/mol. The summed E-state index contributed by atoms with van der Waals surface area (Å²) in [7, 11) is -0.458. The van der Waals surface area contributed by atoms with Crippen LogP contribution < -0.4 is 9.44 Å². The average molecular weight is 207 g/mol. The van der Waals surface area contributed by atoms with E-state index in [1.807, 2.05) is 0 Å². The molecular weight excluding hydrogens is 194 g/mol. The molecule has 1 aliphatic rings. The summed E-state index contributed by atoms with van der Waals surface area (Å²) in [6.45, 7) is 0.430. The number of carbonyl (C=O) groups is 1. The maximum atomic E-state index is 11.0. The normalized spacial score (nSPS) is 24.0. The Balaban J connectivity index is 2.54. The quantitative estimate of drug-likeness (QED) is 0.577. The van der Waals surface area contributed by atoms with Crippen molar-refractivity contribution >= 4 is 16.1 Å². The molecule has 7 heteroatoms. The molecule has 1 fully saturated rings. The second kappa shape index (κ2) is 3.60. The summed E-state index contributed by atoms with van der Waals surface area (Å²) in [4.78, 5) is 12.5. The summed E-state index contributed by atoms with van der Waals surface area (Å²) in [5.41, 5.74) is 0. The van der Waals surface area contributed by atoms with E-state index in [1.165, 1.54) is 11.9 Å². The highest BCUT2D eigenvalue weighted by Gasteiger charge is 2.29. The third kappa shape index (κ3) is 2.64. The Hall–Kier alpha value is -0.660. The summed E-state index contributed by atoms with van der Waals surface area (Å²) >= 11 is 0. The van der Waals surface area contributed by atoms with Crippen molar-refractivity contribution in [3.63, 3.8) is 0 Å². The third-order valence-corrected chi connectivity index (χ3v) is 3.11. The van der Waals surface area contributed by atoms with Crippen molar-refractivity contribution in [3.05, 3.63) is 0 Å². The molecule has 1 saturated heterocycles. The van der Waals surface area contributed by atoms with E-state index in [-0.39, 0.29) is 18.4 Å². The minimum Gasteiger partial charge on any atom is -0.344 e. The highest BCUT2D eigenvalue weighted by atomic mass is 32.2. The standard InChI is InChI=1S/C6H13N3O3S/c1-7-13(11,12)8-5-3-6(10)9(2)4-5/h5,7-8H,3-4H2,1-2H3. The van der Waals surface area contributed by atoms with Gasteiger partial charge in [0.15, 0.2) is 0 Å². The molecule has 0 aromatic rings. The Morgan fingerprint density at radius 1 is 1.54 bits per heavy atom. The second-order valence-electron chi connectivity index (χ2n) is 3.00. The number of amides is 1. The van der Waals surface area contributed by atoms with Crippen LogP contribution in [0.5, 0.6) is 0 Å². The minimum atomic E-state index is -3.43. The van der Waals surface area contributed by atoms with E-state index in [9.17, 15) is 13.2 Å². The molecule has 1 rings (SSSR count). The van der Waals surface area contributed by atoms with Crippen molar-refractivity contribution in [2.45, 2.75) is 12.5 Å². The number of hydrogen-bond acceptors (Lipinski definition) is 3. The van der Waals surface area contributed by atoms with Gasteiger partial charge in [0.2, 0.25) is 5.91 Å². The van der Waals surface area contributed by atoms with E-state index in [0.717, 1.165) is 0 Å². The molecule has 0 spiro atoms. The molecule has 2 N–H and O–H groups in total. The van der Waals surface area contributed by atoms with Crippen LogP contribution in [0.25, 0.3) is 0 Å². The van der Waals surface area contributed by atoms with Crippen LogP contribution in [0.2, 0.25) is 0 Å². The molecule has 0 aromatic heterocycles. The maximum Gasteiger partial charge on any atom is 0.276 e.